The summed E-state index contributed by atoms with van der Waals surface area (Å²) in [5, 5.41) is 15.9. The minimum atomic E-state index is 0.590. The topological polar surface area (TPSA) is 99.7 Å². The maximum Gasteiger partial charge on any atom is 0.222 e. The van der Waals surface area contributed by atoms with E-state index < -0.39 is 0 Å². The van der Waals surface area contributed by atoms with Crippen LogP contribution >= 0.6 is 0 Å². The molecule has 0 amide bonds. The van der Waals surface area contributed by atoms with E-state index in [0.717, 1.165) is 65.2 Å². The first-order valence-electron chi connectivity index (χ1n) is 11.2. The van der Waals surface area contributed by atoms with Gasteiger partial charge >= 0.3 is 0 Å². The van der Waals surface area contributed by atoms with Crippen LogP contribution in [0, 0.1) is 0 Å². The highest BCUT2D eigenvalue weighted by Crippen LogP contribution is 2.40. The molecule has 2 N–H and O–H groups in total. The highest BCUT2D eigenvalue weighted by Gasteiger charge is 2.22. The molecule has 5 rings (SSSR count). The van der Waals surface area contributed by atoms with Crippen LogP contribution in [0.1, 0.15) is 17.5 Å². The first kappa shape index (κ1) is 21.8. The highest BCUT2D eigenvalue weighted by atomic mass is 16.4. The molecule has 34 heavy (non-hydrogen) atoms. The number of anilines is 1. The Morgan fingerprint density at radius 2 is 1.76 bits per heavy atom. The predicted molar refractivity (Wildman–Crippen MR) is 132 cm³/mol. The summed E-state index contributed by atoms with van der Waals surface area (Å²) < 4.78 is 6.36. The van der Waals surface area contributed by atoms with E-state index in [0.29, 0.717) is 11.7 Å². The summed E-state index contributed by atoms with van der Waals surface area (Å²) in [6.07, 6.45) is 8.66. The lowest BCUT2D eigenvalue weighted by Crippen LogP contribution is -2.21. The smallest absolute Gasteiger partial charge is 0.222 e. The Labute approximate surface area is 198 Å². The van der Waals surface area contributed by atoms with Crippen LogP contribution in [0.4, 0.5) is 5.95 Å². The third-order valence-corrected chi connectivity index (χ3v) is 5.93. The molecule has 3 heterocycles. The Bertz CT molecular complexity index is 1310. The van der Waals surface area contributed by atoms with Gasteiger partial charge in [0.25, 0.3) is 0 Å². The number of rotatable bonds is 7. The maximum absolute atomic E-state index is 9.26. The lowest BCUT2D eigenvalue weighted by Gasteiger charge is -2.10. The van der Waals surface area contributed by atoms with Crippen molar-refractivity contribution in [1.29, 1.82) is 0 Å². The predicted octanol–water partition coefficient (Wildman–Crippen LogP) is 4.56. The van der Waals surface area contributed by atoms with E-state index in [4.69, 9.17) is 4.42 Å². The van der Waals surface area contributed by atoms with Crippen LogP contribution in [0.5, 0.6) is 0 Å². The number of benzene rings is 1. The number of nitrogens with one attached hydrogen (secondary N) is 1. The fourth-order valence-electron chi connectivity index (χ4n) is 4.14. The molecule has 1 aliphatic rings. The molecule has 8 heteroatoms. The molecular formula is C26H26N6O2. The van der Waals surface area contributed by atoms with Crippen molar-refractivity contribution >= 4 is 11.7 Å². The normalized spacial score (nSPS) is 14.0. The quantitative estimate of drug-likeness (QED) is 0.312. The van der Waals surface area contributed by atoms with E-state index >= 15 is 0 Å². The van der Waals surface area contributed by atoms with Gasteiger partial charge in [0.15, 0.2) is 0 Å². The Morgan fingerprint density at radius 1 is 0.971 bits per heavy atom. The monoisotopic (exact) mass is 454 g/mol. The second-order valence-electron chi connectivity index (χ2n) is 8.53. The number of likely N-dealkylation sites (N-methyl/N-ethyl adjacent to an activating group) is 1. The number of aryl methyl sites for hydroxylation is 1. The van der Waals surface area contributed by atoms with E-state index in [2.05, 4.69) is 36.4 Å². The molecule has 0 aliphatic heterocycles. The highest BCUT2D eigenvalue weighted by molar-refractivity contribution is 6.04. The van der Waals surface area contributed by atoms with Crippen LogP contribution in [-0.2, 0) is 6.42 Å². The molecule has 4 aromatic rings. The summed E-state index contributed by atoms with van der Waals surface area (Å²) >= 11 is 0. The van der Waals surface area contributed by atoms with Gasteiger partial charge in [0, 0.05) is 54.6 Å². The van der Waals surface area contributed by atoms with Crippen molar-refractivity contribution in [2.75, 3.05) is 32.5 Å². The summed E-state index contributed by atoms with van der Waals surface area (Å²) in [4.78, 5) is 15.1. The summed E-state index contributed by atoms with van der Waals surface area (Å²) in [5.41, 5.74) is 6.68. The SMILES string of the molecule is CN(C)CCNc1ncc(-c2cc(-c3ccc4c(c3)CCC4=NO)c(-c3ccncc3)o2)cn1. The zero-order valence-electron chi connectivity index (χ0n) is 19.2. The largest absolute Gasteiger partial charge is 0.455 e. The van der Waals surface area contributed by atoms with E-state index in [-0.39, 0.29) is 0 Å². The van der Waals surface area contributed by atoms with Gasteiger partial charge in [0.2, 0.25) is 5.95 Å². The van der Waals surface area contributed by atoms with Crippen LogP contribution in [0.15, 0.2) is 70.8 Å². The molecular weight excluding hydrogens is 428 g/mol. The van der Waals surface area contributed by atoms with Crippen molar-refractivity contribution in [3.8, 4) is 33.8 Å². The standard InChI is InChI=1S/C26H26N6O2/c1-32(2)12-11-28-26-29-15-20(16-30-26)24-14-22(25(34-24)17-7-9-27-10-8-17)19-3-5-21-18(13-19)4-6-23(21)31-33/h3,5,7-10,13-16,33H,4,6,11-12H2,1-2H3,(H,28,29,30). The van der Waals surface area contributed by atoms with Crippen LogP contribution in [0.3, 0.4) is 0 Å². The molecule has 1 aromatic carbocycles. The average Bonchev–Trinajstić information content (AvgIpc) is 3.49. The van der Waals surface area contributed by atoms with E-state index in [1.54, 1.807) is 24.8 Å². The van der Waals surface area contributed by atoms with E-state index in [9.17, 15) is 5.21 Å². The molecule has 8 nitrogen and oxygen atoms in total. The van der Waals surface area contributed by atoms with Crippen molar-refractivity contribution in [2.24, 2.45) is 5.16 Å². The first-order valence-corrected chi connectivity index (χ1v) is 11.2. The van der Waals surface area contributed by atoms with Crippen molar-refractivity contribution in [2.45, 2.75) is 12.8 Å². The van der Waals surface area contributed by atoms with Gasteiger partial charge in [0.05, 0.1) is 11.3 Å². The van der Waals surface area contributed by atoms with Gasteiger partial charge in [-0.1, -0.05) is 23.4 Å². The number of pyridine rings is 1. The average molecular weight is 455 g/mol. The minimum absolute atomic E-state index is 0.590. The molecule has 0 bridgehead atoms. The summed E-state index contributed by atoms with van der Waals surface area (Å²) in [5.74, 6) is 2.05. The Kier molecular flexibility index (Phi) is 6.05. The lowest BCUT2D eigenvalue weighted by molar-refractivity contribution is 0.318. The molecule has 0 atom stereocenters. The van der Waals surface area contributed by atoms with Gasteiger partial charge in [-0.3, -0.25) is 4.98 Å². The number of nitrogens with zero attached hydrogens (tertiary/aromatic N) is 5. The van der Waals surface area contributed by atoms with Gasteiger partial charge in [-0.2, -0.15) is 0 Å². The number of hydrogen-bond donors (Lipinski definition) is 2. The van der Waals surface area contributed by atoms with Gasteiger partial charge in [0.1, 0.15) is 11.5 Å². The van der Waals surface area contributed by atoms with Crippen LogP contribution in [-0.4, -0.2) is 58.0 Å². The maximum atomic E-state index is 9.26. The van der Waals surface area contributed by atoms with Crippen molar-refractivity contribution < 1.29 is 9.62 Å². The van der Waals surface area contributed by atoms with E-state index in [1.807, 2.05) is 44.4 Å². The van der Waals surface area contributed by atoms with Crippen LogP contribution in [0.2, 0.25) is 0 Å². The number of furan rings is 1. The third-order valence-electron chi connectivity index (χ3n) is 5.93. The molecule has 1 aliphatic carbocycles. The first-order chi connectivity index (χ1) is 16.6. The molecule has 0 saturated heterocycles. The number of aromatic nitrogens is 3. The number of fused-ring (bicyclic) bond motifs is 1. The van der Waals surface area contributed by atoms with Gasteiger partial charge in [-0.15, -0.1) is 0 Å². The third kappa shape index (κ3) is 4.40. The fourth-order valence-corrected chi connectivity index (χ4v) is 4.14. The summed E-state index contributed by atoms with van der Waals surface area (Å²) in [7, 11) is 4.06. The van der Waals surface area contributed by atoms with Crippen LogP contribution < -0.4 is 5.32 Å². The molecule has 0 spiro atoms. The fraction of sp³-hybridized carbons (Fsp3) is 0.231. The van der Waals surface area contributed by atoms with Crippen molar-refractivity contribution in [3.63, 3.8) is 0 Å². The summed E-state index contributed by atoms with van der Waals surface area (Å²) in [6, 6.07) is 12.1. The zero-order chi connectivity index (χ0) is 23.5. The van der Waals surface area contributed by atoms with E-state index in [1.165, 1.54) is 5.56 Å². The van der Waals surface area contributed by atoms with Crippen LogP contribution in [0.25, 0.3) is 33.8 Å². The molecule has 0 unspecified atom stereocenters. The van der Waals surface area contributed by atoms with Gasteiger partial charge < -0.3 is 19.8 Å². The van der Waals surface area contributed by atoms with Crippen molar-refractivity contribution in [3.05, 3.63) is 72.3 Å². The Hall–Kier alpha value is -4.04. The Morgan fingerprint density at radius 3 is 2.50 bits per heavy atom. The molecule has 3 aromatic heterocycles. The van der Waals surface area contributed by atoms with Crippen molar-refractivity contribution in [1.82, 2.24) is 19.9 Å². The lowest BCUT2D eigenvalue weighted by atomic mass is 9.98. The number of hydrogen-bond acceptors (Lipinski definition) is 8. The minimum Gasteiger partial charge on any atom is -0.455 e. The zero-order valence-corrected chi connectivity index (χ0v) is 19.2. The molecule has 0 fully saturated rings. The Balaban J connectivity index is 1.50. The van der Waals surface area contributed by atoms with Gasteiger partial charge in [-0.25, -0.2) is 9.97 Å². The van der Waals surface area contributed by atoms with Gasteiger partial charge in [-0.05, 0) is 56.3 Å². The number of oxime groups is 1. The second kappa shape index (κ2) is 9.44. The molecule has 0 saturated carbocycles. The molecule has 0 radical (unpaired) electrons. The molecule has 172 valence electrons. The summed E-state index contributed by atoms with van der Waals surface area (Å²) in [6.45, 7) is 1.67. The second-order valence-corrected chi connectivity index (χ2v) is 8.53.